The lowest BCUT2D eigenvalue weighted by molar-refractivity contribution is 0.524. The predicted octanol–water partition coefficient (Wildman–Crippen LogP) is 8.51. The van der Waals surface area contributed by atoms with E-state index in [1.54, 1.807) is 0 Å². The number of nitrogens with zero attached hydrogens (tertiary/aromatic N) is 1. The van der Waals surface area contributed by atoms with Crippen LogP contribution in [0.3, 0.4) is 0 Å². The van der Waals surface area contributed by atoms with Gasteiger partial charge in [-0.05, 0) is 19.1 Å². The highest BCUT2D eigenvalue weighted by atomic mass is 14.6. The molecule has 24 heavy (non-hydrogen) atoms. The highest BCUT2D eigenvalue weighted by Gasteiger charge is 1.95. The maximum atomic E-state index is 4.03. The van der Waals surface area contributed by atoms with Gasteiger partial charge < -0.3 is 4.99 Å². The largest absolute Gasteiger partial charge is 0.301 e. The molecule has 1 nitrogen and oxygen atoms in total. The smallest absolute Gasteiger partial charge is 0.0273 e. The van der Waals surface area contributed by atoms with Crippen molar-refractivity contribution in [2.45, 2.75) is 135 Å². The number of hydrogen-bond acceptors (Lipinski definition) is 1. The molecule has 0 unspecified atom stereocenters. The highest BCUT2D eigenvalue weighted by molar-refractivity contribution is 5.56. The zero-order chi connectivity index (χ0) is 17.6. The molecular weight excluding hydrogens is 290 g/mol. The molecule has 0 saturated heterocycles. The van der Waals surface area contributed by atoms with Crippen molar-refractivity contribution in [2.24, 2.45) is 4.99 Å². The summed E-state index contributed by atoms with van der Waals surface area (Å²) in [5.74, 6) is 0. The Morgan fingerprint density at radius 2 is 0.750 bits per heavy atom. The third kappa shape index (κ3) is 21.7. The lowest BCUT2D eigenvalue weighted by Crippen LogP contribution is -1.84. The molecule has 0 radical (unpaired) electrons. The first-order valence-corrected chi connectivity index (χ1v) is 11.3. The molecule has 0 rings (SSSR count). The van der Waals surface area contributed by atoms with E-state index >= 15 is 0 Å². The van der Waals surface area contributed by atoms with Crippen LogP contribution in [-0.2, 0) is 0 Å². The summed E-state index contributed by atoms with van der Waals surface area (Å²) in [6.07, 6.45) is 30.8. The second-order valence-corrected chi connectivity index (χ2v) is 7.59. The van der Waals surface area contributed by atoms with E-state index in [2.05, 4.69) is 11.9 Å². The quantitative estimate of drug-likeness (QED) is 0.156. The van der Waals surface area contributed by atoms with E-state index in [1.807, 2.05) is 13.3 Å². The van der Waals surface area contributed by atoms with E-state index in [0.29, 0.717) is 0 Å². The van der Waals surface area contributed by atoms with Gasteiger partial charge in [-0.2, -0.15) is 0 Å². The molecule has 0 bridgehead atoms. The van der Waals surface area contributed by atoms with Crippen LogP contribution in [0.2, 0.25) is 0 Å². The standard InChI is InChI=1S/C23H47N/c1-3-4-5-6-7-8-9-10-11-12-13-14-15-16-17-18-19-20-21-22-23-24-2/h23H,3-22H2,1-2H3/b24-23+. The van der Waals surface area contributed by atoms with Crippen LogP contribution in [0.15, 0.2) is 4.99 Å². The van der Waals surface area contributed by atoms with Gasteiger partial charge in [-0.25, -0.2) is 0 Å². The number of hydrogen-bond donors (Lipinski definition) is 0. The Balaban J connectivity index is 2.95. The van der Waals surface area contributed by atoms with E-state index < -0.39 is 0 Å². The van der Waals surface area contributed by atoms with E-state index in [0.717, 1.165) is 0 Å². The molecule has 0 heterocycles. The molecule has 0 aliphatic heterocycles. The monoisotopic (exact) mass is 337 g/mol. The molecule has 0 fully saturated rings. The van der Waals surface area contributed by atoms with E-state index in [1.165, 1.54) is 128 Å². The number of unbranched alkanes of at least 4 members (excludes halogenated alkanes) is 19. The van der Waals surface area contributed by atoms with Crippen molar-refractivity contribution in [3.63, 3.8) is 0 Å². The molecule has 0 aliphatic carbocycles. The van der Waals surface area contributed by atoms with Crippen LogP contribution in [-0.4, -0.2) is 13.3 Å². The summed E-state index contributed by atoms with van der Waals surface area (Å²) >= 11 is 0. The van der Waals surface area contributed by atoms with Gasteiger partial charge in [-0.3, -0.25) is 0 Å². The Bertz CT molecular complexity index is 234. The van der Waals surface area contributed by atoms with Crippen LogP contribution < -0.4 is 0 Å². The summed E-state index contributed by atoms with van der Waals surface area (Å²) in [7, 11) is 1.87. The minimum Gasteiger partial charge on any atom is -0.301 e. The summed E-state index contributed by atoms with van der Waals surface area (Å²) in [6, 6.07) is 0. The van der Waals surface area contributed by atoms with Gasteiger partial charge in [0.2, 0.25) is 0 Å². The van der Waals surface area contributed by atoms with E-state index in [9.17, 15) is 0 Å². The topological polar surface area (TPSA) is 12.4 Å². The molecule has 0 saturated carbocycles. The molecule has 0 aromatic carbocycles. The van der Waals surface area contributed by atoms with Crippen molar-refractivity contribution in [3.05, 3.63) is 0 Å². The van der Waals surface area contributed by atoms with Crippen molar-refractivity contribution < 1.29 is 0 Å². The normalized spacial score (nSPS) is 11.6. The fourth-order valence-corrected chi connectivity index (χ4v) is 3.44. The predicted molar refractivity (Wildman–Crippen MR) is 112 cm³/mol. The minimum atomic E-state index is 1.18. The molecule has 0 spiro atoms. The summed E-state index contributed by atoms with van der Waals surface area (Å²) in [6.45, 7) is 2.30. The third-order valence-electron chi connectivity index (χ3n) is 5.12. The molecule has 0 aliphatic rings. The average molecular weight is 338 g/mol. The third-order valence-corrected chi connectivity index (χ3v) is 5.12. The maximum absolute atomic E-state index is 4.03. The lowest BCUT2D eigenvalue weighted by atomic mass is 10.0. The van der Waals surface area contributed by atoms with Crippen LogP contribution in [0.5, 0.6) is 0 Å². The summed E-state index contributed by atoms with van der Waals surface area (Å²) in [4.78, 5) is 4.03. The number of aliphatic imine (C=N–C) groups is 1. The molecule has 0 amide bonds. The van der Waals surface area contributed by atoms with Gasteiger partial charge >= 0.3 is 0 Å². The molecule has 144 valence electrons. The summed E-state index contributed by atoms with van der Waals surface area (Å²) in [5.41, 5.74) is 0. The first-order valence-electron chi connectivity index (χ1n) is 11.3. The second kappa shape index (κ2) is 22.7. The van der Waals surface area contributed by atoms with Gasteiger partial charge in [-0.1, -0.05) is 122 Å². The highest BCUT2D eigenvalue weighted by Crippen LogP contribution is 2.14. The molecule has 0 atom stereocenters. The first-order chi connectivity index (χ1) is 11.9. The summed E-state index contributed by atoms with van der Waals surface area (Å²) < 4.78 is 0. The molecule has 1 heteroatoms. The van der Waals surface area contributed by atoms with E-state index in [-0.39, 0.29) is 0 Å². The summed E-state index contributed by atoms with van der Waals surface area (Å²) in [5, 5.41) is 0. The van der Waals surface area contributed by atoms with Crippen molar-refractivity contribution in [1.29, 1.82) is 0 Å². The van der Waals surface area contributed by atoms with Crippen LogP contribution in [0, 0.1) is 0 Å². The van der Waals surface area contributed by atoms with Gasteiger partial charge in [-0.15, -0.1) is 0 Å². The van der Waals surface area contributed by atoms with Crippen LogP contribution >= 0.6 is 0 Å². The van der Waals surface area contributed by atoms with Crippen molar-refractivity contribution in [2.75, 3.05) is 7.05 Å². The van der Waals surface area contributed by atoms with Gasteiger partial charge in [0.15, 0.2) is 0 Å². The fraction of sp³-hybridized carbons (Fsp3) is 0.957. The second-order valence-electron chi connectivity index (χ2n) is 7.59. The minimum absolute atomic E-state index is 1.18. The molecule has 0 N–H and O–H groups in total. The van der Waals surface area contributed by atoms with Gasteiger partial charge in [0.05, 0.1) is 0 Å². The molecular formula is C23H47N. The van der Waals surface area contributed by atoms with Crippen LogP contribution in [0.1, 0.15) is 135 Å². The van der Waals surface area contributed by atoms with Crippen molar-refractivity contribution in [1.82, 2.24) is 0 Å². The van der Waals surface area contributed by atoms with Crippen LogP contribution in [0.4, 0.5) is 0 Å². The first kappa shape index (κ1) is 23.7. The zero-order valence-corrected chi connectivity index (χ0v) is 17.2. The average Bonchev–Trinajstić information content (AvgIpc) is 2.60. The number of rotatable bonds is 20. The molecule has 0 aromatic rings. The SMILES string of the molecule is CCCCCCCCCCCCCCCCCCCCC/C=N/C. The Labute approximate surface area is 154 Å². The van der Waals surface area contributed by atoms with Gasteiger partial charge in [0, 0.05) is 7.05 Å². The van der Waals surface area contributed by atoms with Crippen LogP contribution in [0.25, 0.3) is 0 Å². The molecule has 0 aromatic heterocycles. The maximum Gasteiger partial charge on any atom is 0.0273 e. The van der Waals surface area contributed by atoms with Gasteiger partial charge in [0.1, 0.15) is 0 Å². The lowest BCUT2D eigenvalue weighted by Gasteiger charge is -2.03. The van der Waals surface area contributed by atoms with Crippen molar-refractivity contribution in [3.8, 4) is 0 Å². The van der Waals surface area contributed by atoms with Crippen molar-refractivity contribution >= 4 is 6.21 Å². The Morgan fingerprint density at radius 1 is 0.458 bits per heavy atom. The Morgan fingerprint density at radius 3 is 1.04 bits per heavy atom. The zero-order valence-electron chi connectivity index (χ0n) is 17.2. The van der Waals surface area contributed by atoms with E-state index in [4.69, 9.17) is 0 Å². The Hall–Kier alpha value is -0.330. The van der Waals surface area contributed by atoms with Gasteiger partial charge in [0.25, 0.3) is 0 Å². The Kier molecular flexibility index (Phi) is 22.4. The fourth-order valence-electron chi connectivity index (χ4n) is 3.44.